The molecule has 3 nitrogen and oxygen atoms in total. The summed E-state index contributed by atoms with van der Waals surface area (Å²) >= 11 is 0. The molecule has 0 fully saturated rings. The highest BCUT2D eigenvalue weighted by Crippen LogP contribution is 2.10. The number of aryl methyl sites for hydroxylation is 2. The molecule has 0 aliphatic rings. The molecule has 16 heavy (non-hydrogen) atoms. The Morgan fingerprint density at radius 3 is 2.62 bits per heavy atom. The summed E-state index contributed by atoms with van der Waals surface area (Å²) in [5.41, 5.74) is 0. The van der Waals surface area contributed by atoms with Gasteiger partial charge in [0.1, 0.15) is 5.82 Å². The maximum atomic E-state index is 4.34. The maximum absolute atomic E-state index is 4.34. The molecule has 3 heteroatoms. The van der Waals surface area contributed by atoms with E-state index in [9.17, 15) is 0 Å². The fraction of sp³-hybridized carbons (Fsp3) is 0.769. The molecule has 0 radical (unpaired) electrons. The van der Waals surface area contributed by atoms with Crippen molar-refractivity contribution in [3.8, 4) is 0 Å². The lowest BCUT2D eigenvalue weighted by molar-refractivity contribution is 0.448. The zero-order valence-corrected chi connectivity index (χ0v) is 11.0. The first-order chi connectivity index (χ1) is 7.59. The lowest BCUT2D eigenvalue weighted by Gasteiger charge is -2.13. The quantitative estimate of drug-likeness (QED) is 0.769. The number of rotatable bonds is 7. The zero-order valence-electron chi connectivity index (χ0n) is 11.0. The van der Waals surface area contributed by atoms with Gasteiger partial charge in [0.15, 0.2) is 0 Å². The molecule has 92 valence electrons. The minimum atomic E-state index is 0.599. The molecule has 1 N–H and O–H groups in total. The van der Waals surface area contributed by atoms with Crippen LogP contribution in [-0.2, 0) is 13.5 Å². The van der Waals surface area contributed by atoms with Crippen molar-refractivity contribution < 1.29 is 0 Å². The summed E-state index contributed by atoms with van der Waals surface area (Å²) in [5, 5.41) is 3.46. The lowest BCUT2D eigenvalue weighted by atomic mass is 10.0. The van der Waals surface area contributed by atoms with E-state index in [1.807, 2.05) is 12.4 Å². The van der Waals surface area contributed by atoms with Crippen LogP contribution in [0.2, 0.25) is 0 Å². The number of hydrogen-bond acceptors (Lipinski definition) is 2. The molecular formula is C13H25N3. The molecule has 1 aromatic rings. The van der Waals surface area contributed by atoms with Gasteiger partial charge < -0.3 is 9.88 Å². The van der Waals surface area contributed by atoms with Crippen LogP contribution in [0, 0.1) is 5.92 Å². The van der Waals surface area contributed by atoms with E-state index in [1.165, 1.54) is 18.7 Å². The Morgan fingerprint density at radius 1 is 1.31 bits per heavy atom. The fourth-order valence-corrected chi connectivity index (χ4v) is 1.78. The van der Waals surface area contributed by atoms with Gasteiger partial charge in [-0.3, -0.25) is 0 Å². The molecule has 1 atom stereocenters. The van der Waals surface area contributed by atoms with Crippen LogP contribution >= 0.6 is 0 Å². The largest absolute Gasteiger partial charge is 0.338 e. The molecule has 0 bridgehead atoms. The van der Waals surface area contributed by atoms with Gasteiger partial charge in [0.05, 0.1) is 0 Å². The summed E-state index contributed by atoms with van der Waals surface area (Å²) in [6.07, 6.45) is 7.46. The van der Waals surface area contributed by atoms with E-state index in [1.54, 1.807) is 0 Å². The molecule has 1 rings (SSSR count). The van der Waals surface area contributed by atoms with Crippen LogP contribution in [0.5, 0.6) is 0 Å². The molecule has 0 aliphatic heterocycles. The van der Waals surface area contributed by atoms with E-state index in [0.717, 1.165) is 18.9 Å². The van der Waals surface area contributed by atoms with Crippen LogP contribution in [0.25, 0.3) is 0 Å². The van der Waals surface area contributed by atoms with E-state index < -0.39 is 0 Å². The highest BCUT2D eigenvalue weighted by molar-refractivity contribution is 4.91. The molecule has 1 unspecified atom stereocenters. The summed E-state index contributed by atoms with van der Waals surface area (Å²) in [4.78, 5) is 4.34. The highest BCUT2D eigenvalue weighted by Gasteiger charge is 2.05. The summed E-state index contributed by atoms with van der Waals surface area (Å²) < 4.78 is 2.11. The van der Waals surface area contributed by atoms with Crippen molar-refractivity contribution in [2.45, 2.75) is 46.1 Å². The molecule has 0 amide bonds. The monoisotopic (exact) mass is 223 g/mol. The van der Waals surface area contributed by atoms with Gasteiger partial charge in [0.2, 0.25) is 0 Å². The number of nitrogens with zero attached hydrogens (tertiary/aromatic N) is 2. The molecule has 0 saturated carbocycles. The van der Waals surface area contributed by atoms with Gasteiger partial charge in [-0.05, 0) is 25.3 Å². The van der Waals surface area contributed by atoms with Crippen LogP contribution in [0.15, 0.2) is 12.4 Å². The maximum Gasteiger partial charge on any atom is 0.108 e. The number of imidazole rings is 1. The predicted molar refractivity (Wildman–Crippen MR) is 68.4 cm³/mol. The number of hydrogen-bond donors (Lipinski definition) is 1. The molecule has 0 spiro atoms. The second kappa shape index (κ2) is 6.69. The smallest absolute Gasteiger partial charge is 0.108 e. The second-order valence-corrected chi connectivity index (χ2v) is 5.00. The van der Waals surface area contributed by atoms with Crippen molar-refractivity contribution in [2.24, 2.45) is 13.0 Å². The van der Waals surface area contributed by atoms with E-state index in [2.05, 4.69) is 42.7 Å². The van der Waals surface area contributed by atoms with Crippen molar-refractivity contribution in [3.05, 3.63) is 18.2 Å². The SMILES string of the molecule is CC(CCNC(C)C)CCc1nccn1C. The van der Waals surface area contributed by atoms with Gasteiger partial charge in [0.25, 0.3) is 0 Å². The second-order valence-electron chi connectivity index (χ2n) is 5.00. The molecule has 0 saturated heterocycles. The Labute approximate surface area is 99.3 Å². The first-order valence-corrected chi connectivity index (χ1v) is 6.29. The van der Waals surface area contributed by atoms with Gasteiger partial charge in [-0.1, -0.05) is 20.8 Å². The van der Waals surface area contributed by atoms with E-state index in [4.69, 9.17) is 0 Å². The Bertz CT molecular complexity index is 291. The average Bonchev–Trinajstić information content (AvgIpc) is 2.60. The number of aromatic nitrogens is 2. The first kappa shape index (κ1) is 13.2. The average molecular weight is 223 g/mol. The standard InChI is InChI=1S/C13H25N3/c1-11(2)14-8-7-12(3)5-6-13-15-9-10-16(13)4/h9-12,14H,5-8H2,1-4H3. The van der Waals surface area contributed by atoms with Gasteiger partial charge in [-0.2, -0.15) is 0 Å². The van der Waals surface area contributed by atoms with Crippen LogP contribution in [0.1, 0.15) is 39.4 Å². The van der Waals surface area contributed by atoms with Crippen molar-refractivity contribution in [1.82, 2.24) is 14.9 Å². The Morgan fingerprint density at radius 2 is 2.06 bits per heavy atom. The summed E-state index contributed by atoms with van der Waals surface area (Å²) in [6.45, 7) is 7.83. The minimum absolute atomic E-state index is 0.599. The topological polar surface area (TPSA) is 29.9 Å². The van der Waals surface area contributed by atoms with Crippen LogP contribution in [0.3, 0.4) is 0 Å². The predicted octanol–water partition coefficient (Wildman–Crippen LogP) is 2.38. The van der Waals surface area contributed by atoms with Crippen molar-refractivity contribution in [3.63, 3.8) is 0 Å². The van der Waals surface area contributed by atoms with Gasteiger partial charge in [-0.25, -0.2) is 4.98 Å². The lowest BCUT2D eigenvalue weighted by Crippen LogP contribution is -2.25. The van der Waals surface area contributed by atoms with Crippen LogP contribution in [0.4, 0.5) is 0 Å². The number of nitrogens with one attached hydrogen (secondary N) is 1. The molecule has 1 aromatic heterocycles. The first-order valence-electron chi connectivity index (χ1n) is 6.29. The third-order valence-electron chi connectivity index (χ3n) is 2.97. The molecule has 0 aliphatic carbocycles. The highest BCUT2D eigenvalue weighted by atomic mass is 15.0. The summed E-state index contributed by atoms with van der Waals surface area (Å²) in [5.74, 6) is 1.96. The summed E-state index contributed by atoms with van der Waals surface area (Å²) in [7, 11) is 2.06. The molecule has 0 aromatic carbocycles. The van der Waals surface area contributed by atoms with Gasteiger partial charge >= 0.3 is 0 Å². The van der Waals surface area contributed by atoms with Crippen LogP contribution < -0.4 is 5.32 Å². The van der Waals surface area contributed by atoms with E-state index >= 15 is 0 Å². The van der Waals surface area contributed by atoms with Crippen molar-refractivity contribution in [2.75, 3.05) is 6.54 Å². The van der Waals surface area contributed by atoms with E-state index in [0.29, 0.717) is 6.04 Å². The molecular weight excluding hydrogens is 198 g/mol. The zero-order chi connectivity index (χ0) is 12.0. The Balaban J connectivity index is 2.15. The van der Waals surface area contributed by atoms with Crippen molar-refractivity contribution in [1.29, 1.82) is 0 Å². The van der Waals surface area contributed by atoms with Gasteiger partial charge in [-0.15, -0.1) is 0 Å². The normalized spacial score (nSPS) is 13.3. The molecule has 1 heterocycles. The third-order valence-corrected chi connectivity index (χ3v) is 2.97. The minimum Gasteiger partial charge on any atom is -0.338 e. The van der Waals surface area contributed by atoms with Crippen LogP contribution in [-0.4, -0.2) is 22.1 Å². The van der Waals surface area contributed by atoms with Crippen molar-refractivity contribution >= 4 is 0 Å². The van der Waals surface area contributed by atoms with Gasteiger partial charge in [0, 0.05) is 31.9 Å². The third kappa shape index (κ3) is 4.79. The summed E-state index contributed by atoms with van der Waals surface area (Å²) in [6, 6.07) is 0.599. The Kier molecular flexibility index (Phi) is 5.53. The Hall–Kier alpha value is -0.830. The van der Waals surface area contributed by atoms with E-state index in [-0.39, 0.29) is 0 Å². The fourth-order valence-electron chi connectivity index (χ4n) is 1.78.